The molecule has 1 unspecified atom stereocenters. The average Bonchev–Trinajstić information content (AvgIpc) is 2.34. The molecule has 0 fully saturated rings. The van der Waals surface area contributed by atoms with Gasteiger partial charge in [-0.2, -0.15) is 0 Å². The number of benzene rings is 1. The van der Waals surface area contributed by atoms with Crippen LogP contribution >= 0.6 is 15.9 Å². The molecule has 0 radical (unpaired) electrons. The zero-order valence-corrected chi connectivity index (χ0v) is 10.4. The molecule has 0 aliphatic rings. The van der Waals surface area contributed by atoms with Crippen LogP contribution in [0.25, 0.3) is 0 Å². The van der Waals surface area contributed by atoms with Crippen LogP contribution in [0.1, 0.15) is 17.5 Å². The number of hydrogen-bond acceptors (Lipinski definition) is 3. The van der Waals surface area contributed by atoms with Crippen LogP contribution in [0.3, 0.4) is 0 Å². The number of aliphatic hydroxyl groups excluding tert-OH is 1. The van der Waals surface area contributed by atoms with Crippen molar-refractivity contribution in [2.24, 2.45) is 0 Å². The van der Waals surface area contributed by atoms with Crippen LogP contribution in [-0.4, -0.2) is 15.1 Å². The third-order valence-corrected chi connectivity index (χ3v) is 2.81. The fraction of sp³-hybridized carbons (Fsp3) is 0.167. The van der Waals surface area contributed by atoms with Crippen molar-refractivity contribution in [3.63, 3.8) is 0 Å². The number of hydrogen-bond donors (Lipinski definition) is 1. The SMILES string of the molecule is OC(Cc1ccc(Br)cc1F)c1ncccn1. The minimum absolute atomic E-state index is 0.156. The molecule has 17 heavy (non-hydrogen) atoms. The summed E-state index contributed by atoms with van der Waals surface area (Å²) in [5.41, 5.74) is 0.438. The summed E-state index contributed by atoms with van der Waals surface area (Å²) >= 11 is 3.18. The summed E-state index contributed by atoms with van der Waals surface area (Å²) in [5.74, 6) is -0.0517. The lowest BCUT2D eigenvalue weighted by Gasteiger charge is -2.09. The summed E-state index contributed by atoms with van der Waals surface area (Å²) in [6, 6.07) is 6.40. The number of nitrogens with zero attached hydrogens (tertiary/aromatic N) is 2. The lowest BCUT2D eigenvalue weighted by atomic mass is 10.1. The molecular weight excluding hydrogens is 287 g/mol. The van der Waals surface area contributed by atoms with E-state index in [-0.39, 0.29) is 12.2 Å². The molecule has 0 saturated heterocycles. The number of aromatic nitrogens is 2. The van der Waals surface area contributed by atoms with Gasteiger partial charge in [0, 0.05) is 23.3 Å². The molecule has 0 aliphatic heterocycles. The van der Waals surface area contributed by atoms with Gasteiger partial charge in [-0.3, -0.25) is 0 Å². The smallest absolute Gasteiger partial charge is 0.157 e. The van der Waals surface area contributed by atoms with Gasteiger partial charge in [0.05, 0.1) is 0 Å². The Labute approximate surface area is 106 Å². The maximum atomic E-state index is 13.5. The number of halogens is 2. The van der Waals surface area contributed by atoms with Gasteiger partial charge in [-0.05, 0) is 23.8 Å². The first kappa shape index (κ1) is 12.1. The first-order valence-corrected chi connectivity index (χ1v) is 5.85. The fourth-order valence-corrected chi connectivity index (χ4v) is 1.80. The summed E-state index contributed by atoms with van der Waals surface area (Å²) in [7, 11) is 0. The van der Waals surface area contributed by atoms with Crippen molar-refractivity contribution in [1.82, 2.24) is 9.97 Å². The van der Waals surface area contributed by atoms with Crippen molar-refractivity contribution < 1.29 is 9.50 Å². The normalized spacial score (nSPS) is 12.4. The Hall–Kier alpha value is -1.33. The summed E-state index contributed by atoms with van der Waals surface area (Å²) in [6.45, 7) is 0. The van der Waals surface area contributed by atoms with Crippen molar-refractivity contribution in [1.29, 1.82) is 0 Å². The van der Waals surface area contributed by atoms with Crippen LogP contribution < -0.4 is 0 Å². The monoisotopic (exact) mass is 296 g/mol. The second-order valence-electron chi connectivity index (χ2n) is 3.56. The van der Waals surface area contributed by atoms with Crippen LogP contribution in [-0.2, 0) is 6.42 Å². The molecule has 1 heterocycles. The van der Waals surface area contributed by atoms with Gasteiger partial charge in [0.25, 0.3) is 0 Å². The molecule has 1 aromatic heterocycles. The summed E-state index contributed by atoms with van der Waals surface area (Å²) in [6.07, 6.45) is 2.35. The molecule has 0 bridgehead atoms. The molecule has 0 aliphatic carbocycles. The van der Waals surface area contributed by atoms with Gasteiger partial charge in [-0.1, -0.05) is 22.0 Å². The second kappa shape index (κ2) is 5.33. The summed E-state index contributed by atoms with van der Waals surface area (Å²) < 4.78 is 14.2. The van der Waals surface area contributed by atoms with E-state index in [0.29, 0.717) is 15.9 Å². The van der Waals surface area contributed by atoms with Crippen molar-refractivity contribution in [3.05, 3.63) is 58.3 Å². The van der Waals surface area contributed by atoms with Crippen molar-refractivity contribution >= 4 is 15.9 Å². The second-order valence-corrected chi connectivity index (χ2v) is 4.48. The molecule has 0 spiro atoms. The van der Waals surface area contributed by atoms with Gasteiger partial charge in [0.1, 0.15) is 11.9 Å². The first-order chi connectivity index (χ1) is 8.16. The topological polar surface area (TPSA) is 46.0 Å². The predicted octanol–water partition coefficient (Wildman–Crippen LogP) is 2.65. The highest BCUT2D eigenvalue weighted by Gasteiger charge is 2.13. The van der Waals surface area contributed by atoms with Crippen LogP contribution in [0.4, 0.5) is 4.39 Å². The predicted molar refractivity (Wildman–Crippen MR) is 64.8 cm³/mol. The van der Waals surface area contributed by atoms with Crippen LogP contribution in [0, 0.1) is 5.82 Å². The van der Waals surface area contributed by atoms with Gasteiger partial charge in [0.2, 0.25) is 0 Å². The van der Waals surface area contributed by atoms with E-state index in [0.717, 1.165) is 0 Å². The lowest BCUT2D eigenvalue weighted by molar-refractivity contribution is 0.167. The standard InChI is InChI=1S/C12H10BrFN2O/c13-9-3-2-8(10(14)7-9)6-11(17)12-15-4-1-5-16-12/h1-5,7,11,17H,6H2. The Balaban J connectivity index is 2.16. The summed E-state index contributed by atoms with van der Waals surface area (Å²) in [4.78, 5) is 7.86. The Morgan fingerprint density at radius 2 is 2.00 bits per heavy atom. The van der Waals surface area contributed by atoms with Gasteiger partial charge in [0.15, 0.2) is 5.82 Å². The zero-order valence-electron chi connectivity index (χ0n) is 8.85. The van der Waals surface area contributed by atoms with E-state index in [1.807, 2.05) is 0 Å². The van der Waals surface area contributed by atoms with Gasteiger partial charge in [-0.25, -0.2) is 14.4 Å². The molecule has 88 valence electrons. The van der Waals surface area contributed by atoms with Gasteiger partial charge >= 0.3 is 0 Å². The van der Waals surface area contributed by atoms with E-state index in [9.17, 15) is 9.50 Å². The van der Waals surface area contributed by atoms with E-state index in [1.54, 1.807) is 30.6 Å². The molecule has 0 saturated carbocycles. The number of aliphatic hydroxyl groups is 1. The van der Waals surface area contributed by atoms with Crippen molar-refractivity contribution in [3.8, 4) is 0 Å². The zero-order chi connectivity index (χ0) is 12.3. The fourth-order valence-electron chi connectivity index (χ4n) is 1.47. The van der Waals surface area contributed by atoms with Gasteiger partial charge in [-0.15, -0.1) is 0 Å². The largest absolute Gasteiger partial charge is 0.385 e. The Morgan fingerprint density at radius 1 is 1.29 bits per heavy atom. The van der Waals surface area contributed by atoms with Crippen LogP contribution in [0.15, 0.2) is 41.1 Å². The third kappa shape index (κ3) is 3.08. The summed E-state index contributed by atoms with van der Waals surface area (Å²) in [5, 5.41) is 9.86. The minimum atomic E-state index is -0.896. The van der Waals surface area contributed by atoms with E-state index < -0.39 is 6.10 Å². The third-order valence-electron chi connectivity index (χ3n) is 2.31. The van der Waals surface area contributed by atoms with Crippen LogP contribution in [0.5, 0.6) is 0 Å². The van der Waals surface area contributed by atoms with E-state index in [4.69, 9.17) is 0 Å². The Kier molecular flexibility index (Phi) is 3.81. The quantitative estimate of drug-likeness (QED) is 0.947. The molecule has 5 heteroatoms. The van der Waals surface area contributed by atoms with Gasteiger partial charge < -0.3 is 5.11 Å². The Morgan fingerprint density at radius 3 is 2.65 bits per heavy atom. The maximum absolute atomic E-state index is 13.5. The Bertz CT molecular complexity index is 507. The van der Waals surface area contributed by atoms with E-state index >= 15 is 0 Å². The molecule has 3 nitrogen and oxygen atoms in total. The molecular formula is C12H10BrFN2O. The van der Waals surface area contributed by atoms with Crippen molar-refractivity contribution in [2.75, 3.05) is 0 Å². The number of rotatable bonds is 3. The molecule has 1 atom stereocenters. The minimum Gasteiger partial charge on any atom is -0.385 e. The first-order valence-electron chi connectivity index (χ1n) is 5.05. The maximum Gasteiger partial charge on any atom is 0.157 e. The molecule has 1 N–H and O–H groups in total. The molecule has 1 aromatic carbocycles. The van der Waals surface area contributed by atoms with E-state index in [2.05, 4.69) is 25.9 Å². The van der Waals surface area contributed by atoms with Crippen molar-refractivity contribution in [2.45, 2.75) is 12.5 Å². The lowest BCUT2D eigenvalue weighted by Crippen LogP contribution is -2.07. The highest BCUT2D eigenvalue weighted by molar-refractivity contribution is 9.10. The van der Waals surface area contributed by atoms with Crippen LogP contribution in [0.2, 0.25) is 0 Å². The average molecular weight is 297 g/mol. The molecule has 0 amide bonds. The molecule has 2 rings (SSSR count). The highest BCUT2D eigenvalue weighted by atomic mass is 79.9. The molecule has 2 aromatic rings. The van der Waals surface area contributed by atoms with E-state index in [1.165, 1.54) is 6.07 Å². The highest BCUT2D eigenvalue weighted by Crippen LogP contribution is 2.20.